The zero-order valence-corrected chi connectivity index (χ0v) is 15.6. The number of thioether (sulfide) groups is 1. The zero-order valence-electron chi connectivity index (χ0n) is 14.0. The van der Waals surface area contributed by atoms with Gasteiger partial charge in [-0.1, -0.05) is 11.8 Å². The normalized spacial score (nSPS) is 10.7. The standard InChI is InChI=1S/C17H15N3O4S2/c1-20-16(23)14-12(7-8-25-14)18-17(20)26-9-13(21)19-15(22)10-3-5-11(24-2)6-4-10/h3-8H,9H2,1-2H3,(H,19,21,22). The molecule has 0 bridgehead atoms. The average Bonchev–Trinajstić information content (AvgIpc) is 3.12. The van der Waals surface area contributed by atoms with E-state index in [2.05, 4.69) is 10.3 Å². The fourth-order valence-electron chi connectivity index (χ4n) is 2.20. The van der Waals surface area contributed by atoms with E-state index in [0.29, 0.717) is 26.7 Å². The van der Waals surface area contributed by atoms with Crippen LogP contribution in [0.5, 0.6) is 5.75 Å². The molecule has 0 unspecified atom stereocenters. The number of benzene rings is 1. The lowest BCUT2D eigenvalue weighted by atomic mass is 10.2. The average molecular weight is 389 g/mol. The number of hydrogen-bond acceptors (Lipinski definition) is 7. The lowest BCUT2D eigenvalue weighted by Gasteiger charge is -2.07. The molecule has 0 atom stereocenters. The molecule has 2 heterocycles. The minimum absolute atomic E-state index is 0.0299. The lowest BCUT2D eigenvalue weighted by molar-refractivity contribution is -0.117. The number of thiophene rings is 1. The fourth-order valence-corrected chi connectivity index (χ4v) is 3.78. The van der Waals surface area contributed by atoms with Crippen LogP contribution in [-0.4, -0.2) is 34.2 Å². The Balaban J connectivity index is 1.64. The van der Waals surface area contributed by atoms with Crippen LogP contribution in [0.2, 0.25) is 0 Å². The fraction of sp³-hybridized carbons (Fsp3) is 0.176. The minimum Gasteiger partial charge on any atom is -0.497 e. The van der Waals surface area contributed by atoms with Crippen LogP contribution in [0.4, 0.5) is 0 Å². The molecule has 0 saturated heterocycles. The number of aromatic nitrogens is 2. The predicted octanol–water partition coefficient (Wildman–Crippen LogP) is 2.05. The number of ether oxygens (including phenoxy) is 1. The molecule has 1 N–H and O–H groups in total. The molecule has 7 nitrogen and oxygen atoms in total. The molecule has 3 rings (SSSR count). The van der Waals surface area contributed by atoms with Crippen LogP contribution in [0.15, 0.2) is 45.7 Å². The van der Waals surface area contributed by atoms with E-state index in [1.54, 1.807) is 42.8 Å². The number of fused-ring (bicyclic) bond motifs is 1. The molecule has 0 radical (unpaired) electrons. The second-order valence-electron chi connectivity index (χ2n) is 5.29. The van der Waals surface area contributed by atoms with Crippen molar-refractivity contribution in [1.82, 2.24) is 14.9 Å². The molecule has 3 aromatic rings. The van der Waals surface area contributed by atoms with Gasteiger partial charge in [0.25, 0.3) is 11.5 Å². The van der Waals surface area contributed by atoms with Crippen molar-refractivity contribution in [2.75, 3.05) is 12.9 Å². The van der Waals surface area contributed by atoms with E-state index in [1.165, 1.54) is 23.0 Å². The Labute approximate surface area is 157 Å². The third-order valence-corrected chi connectivity index (χ3v) is 5.51. The highest BCUT2D eigenvalue weighted by Gasteiger charge is 2.14. The number of carbonyl (C=O) groups excluding carboxylic acids is 2. The van der Waals surface area contributed by atoms with Crippen molar-refractivity contribution in [2.24, 2.45) is 7.05 Å². The van der Waals surface area contributed by atoms with Gasteiger partial charge in [0.15, 0.2) is 5.16 Å². The van der Waals surface area contributed by atoms with Crippen LogP contribution in [0, 0.1) is 0 Å². The second kappa shape index (κ2) is 7.71. The van der Waals surface area contributed by atoms with E-state index in [9.17, 15) is 14.4 Å². The molecule has 26 heavy (non-hydrogen) atoms. The number of rotatable bonds is 5. The van der Waals surface area contributed by atoms with Gasteiger partial charge in [-0.15, -0.1) is 11.3 Å². The highest BCUT2D eigenvalue weighted by atomic mass is 32.2. The first-order valence-electron chi connectivity index (χ1n) is 7.55. The maximum atomic E-state index is 12.2. The molecule has 0 fully saturated rings. The summed E-state index contributed by atoms with van der Waals surface area (Å²) in [6.45, 7) is 0. The third kappa shape index (κ3) is 3.78. The van der Waals surface area contributed by atoms with Crippen LogP contribution in [0.3, 0.4) is 0 Å². The second-order valence-corrected chi connectivity index (χ2v) is 7.15. The number of carbonyl (C=O) groups is 2. The molecule has 134 valence electrons. The van der Waals surface area contributed by atoms with E-state index >= 15 is 0 Å². The molecule has 2 aromatic heterocycles. The van der Waals surface area contributed by atoms with Gasteiger partial charge in [-0.2, -0.15) is 0 Å². The smallest absolute Gasteiger partial charge is 0.271 e. The number of imide groups is 1. The van der Waals surface area contributed by atoms with Gasteiger partial charge in [-0.25, -0.2) is 4.98 Å². The molecular weight excluding hydrogens is 374 g/mol. The van der Waals surface area contributed by atoms with E-state index < -0.39 is 11.8 Å². The van der Waals surface area contributed by atoms with Crippen molar-refractivity contribution in [3.63, 3.8) is 0 Å². The summed E-state index contributed by atoms with van der Waals surface area (Å²) in [5.41, 5.74) is 0.812. The van der Waals surface area contributed by atoms with Gasteiger partial charge in [-0.05, 0) is 35.7 Å². The molecule has 9 heteroatoms. The summed E-state index contributed by atoms with van der Waals surface area (Å²) < 4.78 is 7.01. The van der Waals surface area contributed by atoms with Gasteiger partial charge in [0.1, 0.15) is 10.4 Å². The molecule has 0 aliphatic rings. The quantitative estimate of drug-likeness (QED) is 0.531. The first-order valence-corrected chi connectivity index (χ1v) is 9.41. The Morgan fingerprint density at radius 3 is 2.69 bits per heavy atom. The Hall–Kier alpha value is -2.65. The molecule has 0 saturated carbocycles. The minimum atomic E-state index is -0.492. The van der Waals surface area contributed by atoms with Gasteiger partial charge >= 0.3 is 0 Å². The van der Waals surface area contributed by atoms with E-state index in [1.807, 2.05) is 0 Å². The molecule has 2 amide bonds. The van der Waals surface area contributed by atoms with Crippen molar-refractivity contribution < 1.29 is 14.3 Å². The van der Waals surface area contributed by atoms with Gasteiger partial charge in [0, 0.05) is 12.6 Å². The topological polar surface area (TPSA) is 90.3 Å². The van der Waals surface area contributed by atoms with Crippen LogP contribution < -0.4 is 15.6 Å². The molecule has 0 aliphatic heterocycles. The van der Waals surface area contributed by atoms with Gasteiger partial charge in [-0.3, -0.25) is 24.3 Å². The monoisotopic (exact) mass is 389 g/mol. The lowest BCUT2D eigenvalue weighted by Crippen LogP contribution is -2.32. The summed E-state index contributed by atoms with van der Waals surface area (Å²) in [5.74, 6) is -0.360. The van der Waals surface area contributed by atoms with Gasteiger partial charge in [0.2, 0.25) is 5.91 Å². The van der Waals surface area contributed by atoms with Crippen molar-refractivity contribution in [2.45, 2.75) is 5.16 Å². The molecule has 0 spiro atoms. The Kier molecular flexibility index (Phi) is 5.38. The number of hydrogen-bond donors (Lipinski definition) is 1. The largest absolute Gasteiger partial charge is 0.497 e. The van der Waals surface area contributed by atoms with Crippen molar-refractivity contribution in [1.29, 1.82) is 0 Å². The summed E-state index contributed by atoms with van der Waals surface area (Å²) in [6.07, 6.45) is 0. The number of amides is 2. The zero-order chi connectivity index (χ0) is 18.7. The van der Waals surface area contributed by atoms with Gasteiger partial charge in [0.05, 0.1) is 18.4 Å². The van der Waals surface area contributed by atoms with E-state index in [-0.39, 0.29) is 11.3 Å². The highest BCUT2D eigenvalue weighted by molar-refractivity contribution is 7.99. The highest BCUT2D eigenvalue weighted by Crippen LogP contribution is 2.20. The number of methoxy groups -OCH3 is 1. The third-order valence-electron chi connectivity index (χ3n) is 3.58. The Bertz CT molecular complexity index is 1020. The first kappa shape index (κ1) is 18.2. The summed E-state index contributed by atoms with van der Waals surface area (Å²) in [4.78, 5) is 40.7. The predicted molar refractivity (Wildman–Crippen MR) is 101 cm³/mol. The van der Waals surface area contributed by atoms with Crippen molar-refractivity contribution in [3.05, 3.63) is 51.6 Å². The molecule has 1 aromatic carbocycles. The van der Waals surface area contributed by atoms with Crippen LogP contribution in [-0.2, 0) is 11.8 Å². The SMILES string of the molecule is COc1ccc(C(=O)NC(=O)CSc2nc3ccsc3c(=O)n2C)cc1. The van der Waals surface area contributed by atoms with Crippen molar-refractivity contribution >= 4 is 45.1 Å². The molecular formula is C17H15N3O4S2. The first-order chi connectivity index (χ1) is 12.5. The Morgan fingerprint density at radius 2 is 2.00 bits per heavy atom. The maximum absolute atomic E-state index is 12.2. The number of nitrogens with one attached hydrogen (secondary N) is 1. The Morgan fingerprint density at radius 1 is 1.27 bits per heavy atom. The summed E-state index contributed by atoms with van der Waals surface area (Å²) in [5, 5.41) is 4.54. The van der Waals surface area contributed by atoms with Crippen LogP contribution in [0.1, 0.15) is 10.4 Å². The molecule has 0 aliphatic carbocycles. The van der Waals surface area contributed by atoms with Crippen LogP contribution >= 0.6 is 23.1 Å². The summed E-state index contributed by atoms with van der Waals surface area (Å²) >= 11 is 2.43. The van der Waals surface area contributed by atoms with E-state index in [0.717, 1.165) is 11.8 Å². The van der Waals surface area contributed by atoms with E-state index in [4.69, 9.17) is 4.74 Å². The summed E-state index contributed by atoms with van der Waals surface area (Å²) in [6, 6.07) is 8.20. The van der Waals surface area contributed by atoms with Crippen LogP contribution in [0.25, 0.3) is 10.2 Å². The van der Waals surface area contributed by atoms with Crippen molar-refractivity contribution in [3.8, 4) is 5.75 Å². The number of nitrogens with zero attached hydrogens (tertiary/aromatic N) is 2. The summed E-state index contributed by atoms with van der Waals surface area (Å²) in [7, 11) is 3.14. The maximum Gasteiger partial charge on any atom is 0.271 e. The van der Waals surface area contributed by atoms with Gasteiger partial charge < -0.3 is 4.74 Å².